The van der Waals surface area contributed by atoms with Gasteiger partial charge in [0, 0.05) is 13.6 Å². The predicted octanol–water partition coefficient (Wildman–Crippen LogP) is 0.216. The van der Waals surface area contributed by atoms with E-state index in [1.54, 1.807) is 0 Å². The van der Waals surface area contributed by atoms with Gasteiger partial charge in [-0.2, -0.15) is 0 Å². The van der Waals surface area contributed by atoms with Crippen molar-refractivity contribution < 1.29 is 18.3 Å². The summed E-state index contributed by atoms with van der Waals surface area (Å²) in [6, 6.07) is 0. The van der Waals surface area contributed by atoms with Crippen LogP contribution in [0.3, 0.4) is 0 Å². The molecule has 88 valence electrons. The molecule has 0 aromatic carbocycles. The van der Waals surface area contributed by atoms with Gasteiger partial charge in [0.05, 0.1) is 12.6 Å². The zero-order chi connectivity index (χ0) is 11.4. The summed E-state index contributed by atoms with van der Waals surface area (Å²) in [7, 11) is 1.35. The fourth-order valence-corrected chi connectivity index (χ4v) is 1.60. The number of carbonyl (C=O) groups excluding carboxylic acids is 1. The highest BCUT2D eigenvalue weighted by Crippen LogP contribution is 2.20. The van der Waals surface area contributed by atoms with Crippen LogP contribution in [0, 0.1) is 0 Å². The van der Waals surface area contributed by atoms with Crippen molar-refractivity contribution in [2.75, 3.05) is 20.1 Å². The van der Waals surface area contributed by atoms with E-state index in [4.69, 9.17) is 10.5 Å². The van der Waals surface area contributed by atoms with E-state index >= 15 is 0 Å². The van der Waals surface area contributed by atoms with Gasteiger partial charge in [-0.3, -0.25) is 4.79 Å². The number of hydrogen-bond acceptors (Lipinski definition) is 3. The van der Waals surface area contributed by atoms with E-state index in [1.165, 1.54) is 7.05 Å². The van der Waals surface area contributed by atoms with E-state index in [0.717, 1.165) is 11.3 Å². The molecule has 0 aromatic rings. The minimum atomic E-state index is -2.51. The van der Waals surface area contributed by atoms with Crippen molar-refractivity contribution in [3.05, 3.63) is 0 Å². The summed E-state index contributed by atoms with van der Waals surface area (Å²) in [5.41, 5.74) is 5.38. The third-order valence-corrected chi connectivity index (χ3v) is 2.43. The molecular weight excluding hydrogens is 206 g/mol. The van der Waals surface area contributed by atoms with E-state index in [-0.39, 0.29) is 12.0 Å². The number of rotatable bonds is 4. The summed E-state index contributed by atoms with van der Waals surface area (Å²) in [6.45, 7) is -0.186. The Kier molecular flexibility index (Phi) is 4.41. The number of carbonyl (C=O) groups is 1. The lowest BCUT2D eigenvalue weighted by Gasteiger charge is -2.20. The molecule has 2 N–H and O–H groups in total. The summed E-state index contributed by atoms with van der Waals surface area (Å²) < 4.78 is 29.4. The Balaban J connectivity index is 2.40. The molecule has 1 rings (SSSR count). The number of ether oxygens (including phenoxy) is 1. The smallest absolute Gasteiger partial charge is 0.255 e. The van der Waals surface area contributed by atoms with Gasteiger partial charge in [0.15, 0.2) is 0 Å². The molecule has 0 spiro atoms. The quantitative estimate of drug-likeness (QED) is 0.740. The van der Waals surface area contributed by atoms with Crippen LogP contribution >= 0.6 is 0 Å². The molecule has 0 aliphatic carbocycles. The molecule has 0 unspecified atom stereocenters. The standard InChI is InChI=1S/C9H16F2N2O2/c1-13(5-8(10)11)9(14)7-3-2-6(4-12)15-7/h6-8H,2-5,12H2,1H3/t6-,7+/m1/s1. The first-order valence-corrected chi connectivity index (χ1v) is 4.93. The second-order valence-electron chi connectivity index (χ2n) is 3.67. The number of likely N-dealkylation sites (N-methyl/N-ethyl adjacent to an activating group) is 1. The van der Waals surface area contributed by atoms with Crippen LogP contribution < -0.4 is 5.73 Å². The Morgan fingerprint density at radius 2 is 2.27 bits per heavy atom. The highest BCUT2D eigenvalue weighted by Gasteiger charge is 2.32. The van der Waals surface area contributed by atoms with Crippen LogP contribution in [0.5, 0.6) is 0 Å². The molecule has 0 radical (unpaired) electrons. The minimum Gasteiger partial charge on any atom is -0.364 e. The van der Waals surface area contributed by atoms with E-state index in [0.29, 0.717) is 13.0 Å². The lowest BCUT2D eigenvalue weighted by Crippen LogP contribution is -2.39. The highest BCUT2D eigenvalue weighted by molar-refractivity contribution is 5.80. The van der Waals surface area contributed by atoms with Crippen molar-refractivity contribution in [3.63, 3.8) is 0 Å². The second kappa shape index (κ2) is 5.37. The van der Waals surface area contributed by atoms with Crippen molar-refractivity contribution >= 4 is 5.91 Å². The van der Waals surface area contributed by atoms with E-state index < -0.39 is 19.1 Å². The Hall–Kier alpha value is -0.750. The third-order valence-electron chi connectivity index (χ3n) is 2.43. The zero-order valence-electron chi connectivity index (χ0n) is 8.66. The summed E-state index contributed by atoms with van der Waals surface area (Å²) in [5, 5.41) is 0. The van der Waals surface area contributed by atoms with Crippen molar-refractivity contribution in [2.45, 2.75) is 31.5 Å². The maximum atomic E-state index is 12.0. The van der Waals surface area contributed by atoms with Crippen molar-refractivity contribution in [1.82, 2.24) is 4.90 Å². The molecule has 15 heavy (non-hydrogen) atoms. The van der Waals surface area contributed by atoms with Gasteiger partial charge >= 0.3 is 0 Å². The molecule has 1 aliphatic heterocycles. The SMILES string of the molecule is CN(CC(F)F)C(=O)[C@@H]1CC[C@H](CN)O1. The van der Waals surface area contributed by atoms with E-state index in [2.05, 4.69) is 0 Å². The number of nitrogens with two attached hydrogens (primary N) is 1. The average molecular weight is 222 g/mol. The van der Waals surface area contributed by atoms with Crippen molar-refractivity contribution in [3.8, 4) is 0 Å². The topological polar surface area (TPSA) is 55.6 Å². The lowest BCUT2D eigenvalue weighted by atomic mass is 10.2. The highest BCUT2D eigenvalue weighted by atomic mass is 19.3. The van der Waals surface area contributed by atoms with Crippen LogP contribution in [0.1, 0.15) is 12.8 Å². The Bertz CT molecular complexity index is 226. The molecule has 0 bridgehead atoms. The van der Waals surface area contributed by atoms with Gasteiger partial charge in [-0.15, -0.1) is 0 Å². The van der Waals surface area contributed by atoms with Crippen LogP contribution in [0.2, 0.25) is 0 Å². The van der Waals surface area contributed by atoms with Crippen LogP contribution in [0.15, 0.2) is 0 Å². The average Bonchev–Trinajstić information content (AvgIpc) is 2.63. The number of halogens is 2. The molecule has 1 fully saturated rings. The Morgan fingerprint density at radius 3 is 2.73 bits per heavy atom. The molecule has 0 aromatic heterocycles. The monoisotopic (exact) mass is 222 g/mol. The van der Waals surface area contributed by atoms with E-state index in [9.17, 15) is 13.6 Å². The zero-order valence-corrected chi connectivity index (χ0v) is 8.66. The largest absolute Gasteiger partial charge is 0.364 e. The molecule has 6 heteroatoms. The van der Waals surface area contributed by atoms with Crippen LogP contribution in [-0.2, 0) is 9.53 Å². The maximum absolute atomic E-state index is 12.0. The van der Waals surface area contributed by atoms with Gasteiger partial charge in [-0.05, 0) is 12.8 Å². The number of hydrogen-bond donors (Lipinski definition) is 1. The lowest BCUT2D eigenvalue weighted by molar-refractivity contribution is -0.143. The molecule has 1 amide bonds. The normalized spacial score (nSPS) is 25.9. The summed E-state index contributed by atoms with van der Waals surface area (Å²) in [6.07, 6.45) is -1.93. The van der Waals surface area contributed by atoms with Crippen LogP contribution in [0.4, 0.5) is 8.78 Å². The van der Waals surface area contributed by atoms with Gasteiger partial charge in [0.2, 0.25) is 0 Å². The molecule has 2 atom stereocenters. The van der Waals surface area contributed by atoms with E-state index in [1.807, 2.05) is 0 Å². The maximum Gasteiger partial charge on any atom is 0.255 e. The molecule has 4 nitrogen and oxygen atoms in total. The molecule has 1 aliphatic rings. The first kappa shape index (κ1) is 12.3. The van der Waals surface area contributed by atoms with Gasteiger partial charge in [-0.25, -0.2) is 8.78 Å². The van der Waals surface area contributed by atoms with Crippen LogP contribution in [0.25, 0.3) is 0 Å². The van der Waals surface area contributed by atoms with Crippen LogP contribution in [-0.4, -0.2) is 49.6 Å². The Morgan fingerprint density at radius 1 is 1.60 bits per heavy atom. The number of alkyl halides is 2. The summed E-state index contributed by atoms with van der Waals surface area (Å²) >= 11 is 0. The number of amides is 1. The predicted molar refractivity (Wildman–Crippen MR) is 50.6 cm³/mol. The molecule has 0 saturated carbocycles. The molecule has 1 saturated heterocycles. The summed E-state index contributed by atoms with van der Waals surface area (Å²) in [5.74, 6) is -0.383. The van der Waals surface area contributed by atoms with Gasteiger partial charge in [0.1, 0.15) is 6.10 Å². The molecular formula is C9H16F2N2O2. The van der Waals surface area contributed by atoms with Crippen molar-refractivity contribution in [2.24, 2.45) is 5.73 Å². The third kappa shape index (κ3) is 3.39. The first-order valence-electron chi connectivity index (χ1n) is 4.93. The number of nitrogens with zero attached hydrogens (tertiary/aromatic N) is 1. The second-order valence-corrected chi connectivity index (χ2v) is 3.67. The fourth-order valence-electron chi connectivity index (χ4n) is 1.60. The first-order chi connectivity index (χ1) is 7.04. The Labute approximate surface area is 87.4 Å². The van der Waals surface area contributed by atoms with Gasteiger partial charge in [-0.1, -0.05) is 0 Å². The van der Waals surface area contributed by atoms with Gasteiger partial charge in [0.25, 0.3) is 12.3 Å². The summed E-state index contributed by atoms with van der Waals surface area (Å²) in [4.78, 5) is 12.6. The van der Waals surface area contributed by atoms with Gasteiger partial charge < -0.3 is 15.4 Å². The minimum absolute atomic E-state index is 0.112. The van der Waals surface area contributed by atoms with Crippen molar-refractivity contribution in [1.29, 1.82) is 0 Å². The molecule has 1 heterocycles. The fraction of sp³-hybridized carbons (Fsp3) is 0.889.